The van der Waals surface area contributed by atoms with Crippen LogP contribution in [0.4, 0.5) is 0 Å². The van der Waals surface area contributed by atoms with Crippen LogP contribution in [0.1, 0.15) is 29.3 Å². The average molecular weight is 296 g/mol. The standard InChI is InChI=1S/C13H20N4O2S/c1-8(2)11-12(18)15-5-6-17(11)13(19)9-7-20-10(16-9)3-4-14/h7-8,11H,3-6,14H2,1-2H3,(H,15,18). The molecule has 0 aliphatic carbocycles. The zero-order chi connectivity index (χ0) is 14.7. The molecule has 0 spiro atoms. The molecule has 3 N–H and O–H groups in total. The number of hydrogen-bond donors (Lipinski definition) is 2. The minimum atomic E-state index is -0.420. The Bertz CT molecular complexity index is 500. The Morgan fingerprint density at radius 1 is 1.65 bits per heavy atom. The van der Waals surface area contributed by atoms with E-state index in [0.717, 1.165) is 5.01 Å². The molecule has 0 aromatic carbocycles. The van der Waals surface area contributed by atoms with Crippen LogP contribution in [0.5, 0.6) is 0 Å². The van der Waals surface area contributed by atoms with Crippen LogP contribution < -0.4 is 11.1 Å². The van der Waals surface area contributed by atoms with Crippen molar-refractivity contribution in [1.29, 1.82) is 0 Å². The van der Waals surface area contributed by atoms with Gasteiger partial charge in [0.25, 0.3) is 5.91 Å². The van der Waals surface area contributed by atoms with Gasteiger partial charge < -0.3 is 16.0 Å². The van der Waals surface area contributed by atoms with Crippen LogP contribution in [0.15, 0.2) is 5.38 Å². The summed E-state index contributed by atoms with van der Waals surface area (Å²) in [5.74, 6) is -0.184. The molecular weight excluding hydrogens is 276 g/mol. The number of nitrogens with one attached hydrogen (secondary N) is 1. The van der Waals surface area contributed by atoms with E-state index in [1.807, 2.05) is 13.8 Å². The number of carbonyl (C=O) groups excluding carboxylic acids is 2. The molecule has 110 valence electrons. The number of amides is 2. The number of aromatic nitrogens is 1. The van der Waals surface area contributed by atoms with Crippen molar-refractivity contribution in [2.24, 2.45) is 11.7 Å². The molecule has 2 heterocycles. The molecule has 0 saturated carbocycles. The van der Waals surface area contributed by atoms with Crippen molar-refractivity contribution in [2.45, 2.75) is 26.3 Å². The minimum absolute atomic E-state index is 0.0707. The SMILES string of the molecule is CC(C)C1C(=O)NCCN1C(=O)c1csc(CCN)n1. The molecular formula is C13H20N4O2S. The molecule has 1 aromatic rings. The van der Waals surface area contributed by atoms with E-state index in [9.17, 15) is 9.59 Å². The first-order valence-electron chi connectivity index (χ1n) is 6.77. The van der Waals surface area contributed by atoms with Gasteiger partial charge in [-0.25, -0.2) is 4.98 Å². The first kappa shape index (κ1) is 14.9. The summed E-state index contributed by atoms with van der Waals surface area (Å²) in [5.41, 5.74) is 5.90. The van der Waals surface area contributed by atoms with Crippen LogP contribution >= 0.6 is 11.3 Å². The molecule has 6 nitrogen and oxygen atoms in total. The summed E-state index contributed by atoms with van der Waals surface area (Å²) >= 11 is 1.44. The molecule has 1 saturated heterocycles. The third-order valence-electron chi connectivity index (χ3n) is 3.28. The first-order valence-corrected chi connectivity index (χ1v) is 7.65. The lowest BCUT2D eigenvalue weighted by molar-refractivity contribution is -0.129. The Hall–Kier alpha value is -1.47. The Kier molecular flexibility index (Phi) is 4.72. The first-order chi connectivity index (χ1) is 9.54. The normalized spacial score (nSPS) is 19.3. The maximum atomic E-state index is 12.5. The maximum Gasteiger partial charge on any atom is 0.274 e. The topological polar surface area (TPSA) is 88.3 Å². The predicted molar refractivity (Wildman–Crippen MR) is 77.5 cm³/mol. The van der Waals surface area contributed by atoms with Gasteiger partial charge in [0, 0.05) is 24.9 Å². The van der Waals surface area contributed by atoms with E-state index in [0.29, 0.717) is 31.7 Å². The lowest BCUT2D eigenvalue weighted by atomic mass is 9.99. The van der Waals surface area contributed by atoms with Crippen molar-refractivity contribution in [2.75, 3.05) is 19.6 Å². The quantitative estimate of drug-likeness (QED) is 0.833. The third kappa shape index (κ3) is 2.99. The van der Waals surface area contributed by atoms with E-state index < -0.39 is 6.04 Å². The van der Waals surface area contributed by atoms with Crippen molar-refractivity contribution < 1.29 is 9.59 Å². The third-order valence-corrected chi connectivity index (χ3v) is 4.19. The van der Waals surface area contributed by atoms with Gasteiger partial charge in [0.2, 0.25) is 5.91 Å². The van der Waals surface area contributed by atoms with Crippen LogP contribution in [0.25, 0.3) is 0 Å². The van der Waals surface area contributed by atoms with E-state index in [4.69, 9.17) is 5.73 Å². The molecule has 1 atom stereocenters. The van der Waals surface area contributed by atoms with E-state index in [1.165, 1.54) is 11.3 Å². The zero-order valence-electron chi connectivity index (χ0n) is 11.8. The summed E-state index contributed by atoms with van der Waals surface area (Å²) in [6, 6.07) is -0.420. The highest BCUT2D eigenvalue weighted by atomic mass is 32.1. The van der Waals surface area contributed by atoms with Gasteiger partial charge in [0.15, 0.2) is 0 Å². The van der Waals surface area contributed by atoms with Crippen LogP contribution in [0.2, 0.25) is 0 Å². The number of rotatable bonds is 4. The Labute approximate surface area is 122 Å². The lowest BCUT2D eigenvalue weighted by Gasteiger charge is -2.36. The van der Waals surface area contributed by atoms with Gasteiger partial charge in [0.05, 0.1) is 5.01 Å². The number of nitrogens with zero attached hydrogens (tertiary/aromatic N) is 2. The molecule has 1 aliphatic heterocycles. The van der Waals surface area contributed by atoms with E-state index in [1.54, 1.807) is 10.3 Å². The second kappa shape index (κ2) is 6.32. The number of nitrogens with two attached hydrogens (primary N) is 1. The fourth-order valence-electron chi connectivity index (χ4n) is 2.37. The van der Waals surface area contributed by atoms with Crippen LogP contribution in [0.3, 0.4) is 0 Å². The Morgan fingerprint density at radius 2 is 2.40 bits per heavy atom. The zero-order valence-corrected chi connectivity index (χ0v) is 12.6. The van der Waals surface area contributed by atoms with Gasteiger partial charge >= 0.3 is 0 Å². The van der Waals surface area contributed by atoms with Gasteiger partial charge in [-0.2, -0.15) is 0 Å². The maximum absolute atomic E-state index is 12.5. The molecule has 0 bridgehead atoms. The summed E-state index contributed by atoms with van der Waals surface area (Å²) in [6.07, 6.45) is 0.673. The summed E-state index contributed by atoms with van der Waals surface area (Å²) in [7, 11) is 0. The molecule has 1 aromatic heterocycles. The summed E-state index contributed by atoms with van der Waals surface area (Å²) in [6.45, 7) is 5.42. The van der Waals surface area contributed by atoms with Crippen molar-refractivity contribution in [3.05, 3.63) is 16.1 Å². The van der Waals surface area contributed by atoms with Gasteiger partial charge in [0.1, 0.15) is 11.7 Å². The van der Waals surface area contributed by atoms with Crippen LogP contribution in [0, 0.1) is 5.92 Å². The molecule has 7 heteroatoms. The fourth-order valence-corrected chi connectivity index (χ4v) is 3.16. The van der Waals surface area contributed by atoms with Crippen molar-refractivity contribution in [3.8, 4) is 0 Å². The number of hydrogen-bond acceptors (Lipinski definition) is 5. The van der Waals surface area contributed by atoms with E-state index in [2.05, 4.69) is 10.3 Å². The highest BCUT2D eigenvalue weighted by Crippen LogP contribution is 2.19. The molecule has 1 aliphatic rings. The smallest absolute Gasteiger partial charge is 0.274 e. The van der Waals surface area contributed by atoms with Crippen LogP contribution in [-0.4, -0.2) is 47.4 Å². The van der Waals surface area contributed by atoms with Gasteiger partial charge in [-0.05, 0) is 12.5 Å². The summed E-state index contributed by atoms with van der Waals surface area (Å²) < 4.78 is 0. The molecule has 20 heavy (non-hydrogen) atoms. The minimum Gasteiger partial charge on any atom is -0.353 e. The largest absolute Gasteiger partial charge is 0.353 e. The second-order valence-electron chi connectivity index (χ2n) is 5.14. The van der Waals surface area contributed by atoms with E-state index >= 15 is 0 Å². The van der Waals surface area contributed by atoms with E-state index in [-0.39, 0.29) is 17.7 Å². The average Bonchev–Trinajstić information content (AvgIpc) is 2.86. The van der Waals surface area contributed by atoms with Crippen LogP contribution in [-0.2, 0) is 11.2 Å². The van der Waals surface area contributed by atoms with Gasteiger partial charge in [-0.15, -0.1) is 11.3 Å². The molecule has 2 amide bonds. The Balaban J connectivity index is 2.18. The van der Waals surface area contributed by atoms with Crippen molar-refractivity contribution in [1.82, 2.24) is 15.2 Å². The molecule has 1 unspecified atom stereocenters. The molecule has 0 radical (unpaired) electrons. The highest BCUT2D eigenvalue weighted by Gasteiger charge is 2.36. The number of thiazole rings is 1. The van der Waals surface area contributed by atoms with Crippen molar-refractivity contribution in [3.63, 3.8) is 0 Å². The monoisotopic (exact) mass is 296 g/mol. The number of carbonyl (C=O) groups is 2. The number of piperazine rings is 1. The molecule has 2 rings (SSSR count). The molecule has 1 fully saturated rings. The predicted octanol–water partition coefficient (Wildman–Crippen LogP) is 0.241. The van der Waals surface area contributed by atoms with Gasteiger partial charge in [-0.3, -0.25) is 9.59 Å². The van der Waals surface area contributed by atoms with Gasteiger partial charge in [-0.1, -0.05) is 13.8 Å². The second-order valence-corrected chi connectivity index (χ2v) is 6.09. The highest BCUT2D eigenvalue weighted by molar-refractivity contribution is 7.09. The lowest BCUT2D eigenvalue weighted by Crippen LogP contribution is -2.59. The van der Waals surface area contributed by atoms with Crippen molar-refractivity contribution >= 4 is 23.2 Å². The summed E-state index contributed by atoms with van der Waals surface area (Å²) in [5, 5.41) is 5.41. The fraction of sp³-hybridized carbons (Fsp3) is 0.615. The summed E-state index contributed by atoms with van der Waals surface area (Å²) in [4.78, 5) is 30.4. The Morgan fingerprint density at radius 3 is 3.05 bits per heavy atom.